The molecule has 2 rings (SSSR count). The minimum Gasteiger partial charge on any atom is -0.373 e. The van der Waals surface area contributed by atoms with Crippen molar-refractivity contribution in [1.82, 2.24) is 25.1 Å². The second-order valence-electron chi connectivity index (χ2n) is 4.25. The number of nitrogens with zero attached hydrogens (tertiary/aromatic N) is 4. The highest BCUT2D eigenvalue weighted by atomic mass is 16.1. The first-order chi connectivity index (χ1) is 9.67. The van der Waals surface area contributed by atoms with E-state index >= 15 is 0 Å². The Morgan fingerprint density at radius 1 is 1.35 bits per heavy atom. The van der Waals surface area contributed by atoms with Gasteiger partial charge in [0.15, 0.2) is 11.5 Å². The van der Waals surface area contributed by atoms with Crippen LogP contribution in [0.5, 0.6) is 0 Å². The van der Waals surface area contributed by atoms with Gasteiger partial charge in [-0.15, -0.1) is 0 Å². The van der Waals surface area contributed by atoms with Gasteiger partial charge in [-0.05, 0) is 12.5 Å². The molecule has 2 aromatic heterocycles. The molecule has 2 aromatic rings. The Hall–Kier alpha value is -2.44. The Kier molecular flexibility index (Phi) is 4.29. The lowest BCUT2D eigenvalue weighted by Crippen LogP contribution is -2.18. The molecule has 0 saturated heterocycles. The van der Waals surface area contributed by atoms with Crippen molar-refractivity contribution in [3.8, 4) is 5.82 Å². The topological polar surface area (TPSA) is 84.7 Å². The molecule has 7 nitrogen and oxygen atoms in total. The molecule has 0 fully saturated rings. The quantitative estimate of drug-likeness (QED) is 0.850. The fourth-order valence-electron chi connectivity index (χ4n) is 1.76. The van der Waals surface area contributed by atoms with Crippen LogP contribution in [-0.4, -0.2) is 39.8 Å². The van der Waals surface area contributed by atoms with Crippen LogP contribution < -0.4 is 10.6 Å². The van der Waals surface area contributed by atoms with Gasteiger partial charge < -0.3 is 10.6 Å². The Balaban J connectivity index is 2.38. The molecule has 0 aliphatic carbocycles. The number of amides is 1. The summed E-state index contributed by atoms with van der Waals surface area (Å²) in [4.78, 5) is 20.4. The van der Waals surface area contributed by atoms with Gasteiger partial charge in [0.25, 0.3) is 5.91 Å². The molecule has 2 N–H and O–H groups in total. The van der Waals surface area contributed by atoms with Crippen LogP contribution in [0.25, 0.3) is 5.82 Å². The van der Waals surface area contributed by atoms with Crippen molar-refractivity contribution in [2.45, 2.75) is 19.8 Å². The van der Waals surface area contributed by atoms with Crippen molar-refractivity contribution < 1.29 is 4.79 Å². The minimum atomic E-state index is -0.222. The summed E-state index contributed by atoms with van der Waals surface area (Å²) in [6.07, 6.45) is 3.48. The number of anilines is 1. The number of hydrogen-bond acceptors (Lipinski definition) is 5. The average Bonchev–Trinajstić information content (AvgIpc) is 2.96. The first kappa shape index (κ1) is 14.0. The third-order valence-corrected chi connectivity index (χ3v) is 2.77. The summed E-state index contributed by atoms with van der Waals surface area (Å²) >= 11 is 0. The average molecular weight is 274 g/mol. The molecule has 2 heterocycles. The number of carbonyl (C=O) groups is 1. The van der Waals surface area contributed by atoms with Crippen molar-refractivity contribution in [1.29, 1.82) is 0 Å². The van der Waals surface area contributed by atoms with Crippen molar-refractivity contribution in [2.24, 2.45) is 0 Å². The summed E-state index contributed by atoms with van der Waals surface area (Å²) in [5.41, 5.74) is 0.356. The van der Waals surface area contributed by atoms with Crippen molar-refractivity contribution in [3.05, 3.63) is 29.8 Å². The second kappa shape index (κ2) is 6.14. The highest BCUT2D eigenvalue weighted by Gasteiger charge is 2.10. The normalized spacial score (nSPS) is 10.3. The molecule has 0 bridgehead atoms. The summed E-state index contributed by atoms with van der Waals surface area (Å²) in [5.74, 6) is 1.91. The van der Waals surface area contributed by atoms with Gasteiger partial charge in [0.1, 0.15) is 11.6 Å². The molecule has 0 aliphatic rings. The van der Waals surface area contributed by atoms with Crippen LogP contribution in [0.3, 0.4) is 0 Å². The van der Waals surface area contributed by atoms with Gasteiger partial charge in [-0.2, -0.15) is 5.10 Å². The van der Waals surface area contributed by atoms with Gasteiger partial charge in [-0.1, -0.05) is 6.92 Å². The first-order valence-electron chi connectivity index (χ1n) is 6.51. The van der Waals surface area contributed by atoms with Crippen LogP contribution in [0.4, 0.5) is 5.82 Å². The zero-order valence-electron chi connectivity index (χ0n) is 11.8. The fraction of sp³-hybridized carbons (Fsp3) is 0.385. The molecule has 0 aromatic carbocycles. The summed E-state index contributed by atoms with van der Waals surface area (Å²) in [6, 6.07) is 3.44. The lowest BCUT2D eigenvalue weighted by Gasteiger charge is -2.07. The highest BCUT2D eigenvalue weighted by molar-refractivity contribution is 5.91. The van der Waals surface area contributed by atoms with Crippen LogP contribution in [0, 0.1) is 0 Å². The molecule has 0 atom stereocenters. The Bertz CT molecular complexity index is 607. The van der Waals surface area contributed by atoms with E-state index in [1.165, 1.54) is 0 Å². The standard InChI is InChI=1S/C13H18N6O/c1-4-5-10-16-11(14-2)8-12(17-10)19-7-6-9(18-19)13(20)15-3/h6-8H,4-5H2,1-3H3,(H,15,20)(H,14,16,17). The predicted octanol–water partition coefficient (Wildman–Crippen LogP) is 1.02. The van der Waals surface area contributed by atoms with Gasteiger partial charge in [-0.25, -0.2) is 14.6 Å². The first-order valence-corrected chi connectivity index (χ1v) is 6.51. The molecular formula is C13H18N6O. The highest BCUT2D eigenvalue weighted by Crippen LogP contribution is 2.12. The zero-order chi connectivity index (χ0) is 14.5. The van der Waals surface area contributed by atoms with E-state index in [0.29, 0.717) is 11.5 Å². The van der Waals surface area contributed by atoms with Crippen LogP contribution in [-0.2, 0) is 6.42 Å². The molecule has 0 aliphatic heterocycles. The van der Waals surface area contributed by atoms with E-state index in [2.05, 4.69) is 32.6 Å². The Labute approximate surface area is 117 Å². The van der Waals surface area contributed by atoms with Crippen LogP contribution >= 0.6 is 0 Å². The van der Waals surface area contributed by atoms with Gasteiger partial charge in [0.2, 0.25) is 0 Å². The lowest BCUT2D eigenvalue weighted by atomic mass is 10.3. The Morgan fingerprint density at radius 2 is 2.15 bits per heavy atom. The SMILES string of the molecule is CCCc1nc(NC)cc(-n2ccc(C(=O)NC)n2)n1. The molecule has 0 unspecified atom stereocenters. The Morgan fingerprint density at radius 3 is 2.80 bits per heavy atom. The van der Waals surface area contributed by atoms with Crippen LogP contribution in [0.2, 0.25) is 0 Å². The number of hydrogen-bond donors (Lipinski definition) is 2. The van der Waals surface area contributed by atoms with Crippen molar-refractivity contribution in [3.63, 3.8) is 0 Å². The molecule has 0 spiro atoms. The molecule has 1 amide bonds. The zero-order valence-corrected chi connectivity index (χ0v) is 11.8. The second-order valence-corrected chi connectivity index (χ2v) is 4.25. The summed E-state index contributed by atoms with van der Waals surface area (Å²) < 4.78 is 1.58. The molecular weight excluding hydrogens is 256 g/mol. The number of nitrogens with one attached hydrogen (secondary N) is 2. The van der Waals surface area contributed by atoms with E-state index in [1.807, 2.05) is 0 Å². The van der Waals surface area contributed by atoms with E-state index in [-0.39, 0.29) is 5.91 Å². The number of rotatable bonds is 5. The number of carbonyl (C=O) groups excluding carboxylic acids is 1. The molecule has 20 heavy (non-hydrogen) atoms. The third-order valence-electron chi connectivity index (χ3n) is 2.77. The fourth-order valence-corrected chi connectivity index (χ4v) is 1.76. The maximum Gasteiger partial charge on any atom is 0.271 e. The molecule has 7 heteroatoms. The van der Waals surface area contributed by atoms with E-state index in [0.717, 1.165) is 24.5 Å². The van der Waals surface area contributed by atoms with E-state index in [9.17, 15) is 4.79 Å². The third kappa shape index (κ3) is 2.93. The lowest BCUT2D eigenvalue weighted by molar-refractivity contribution is 0.0957. The van der Waals surface area contributed by atoms with E-state index in [4.69, 9.17) is 0 Å². The van der Waals surface area contributed by atoms with E-state index in [1.54, 1.807) is 37.1 Å². The van der Waals surface area contributed by atoms with Gasteiger partial charge in [0, 0.05) is 32.8 Å². The van der Waals surface area contributed by atoms with Gasteiger partial charge in [-0.3, -0.25) is 4.79 Å². The molecule has 106 valence electrons. The van der Waals surface area contributed by atoms with Crippen LogP contribution in [0.1, 0.15) is 29.7 Å². The maximum absolute atomic E-state index is 11.5. The smallest absolute Gasteiger partial charge is 0.271 e. The largest absolute Gasteiger partial charge is 0.373 e. The molecule has 0 saturated carbocycles. The summed E-state index contributed by atoms with van der Waals surface area (Å²) in [6.45, 7) is 2.08. The maximum atomic E-state index is 11.5. The number of aromatic nitrogens is 4. The molecule has 0 radical (unpaired) electrons. The minimum absolute atomic E-state index is 0.222. The monoisotopic (exact) mass is 274 g/mol. The predicted molar refractivity (Wildman–Crippen MR) is 76.1 cm³/mol. The van der Waals surface area contributed by atoms with Gasteiger partial charge >= 0.3 is 0 Å². The van der Waals surface area contributed by atoms with Crippen molar-refractivity contribution >= 4 is 11.7 Å². The van der Waals surface area contributed by atoms with Crippen molar-refractivity contribution in [2.75, 3.05) is 19.4 Å². The summed E-state index contributed by atoms with van der Waals surface area (Å²) in [7, 11) is 3.38. The van der Waals surface area contributed by atoms with Gasteiger partial charge in [0.05, 0.1) is 0 Å². The number of aryl methyl sites for hydroxylation is 1. The van der Waals surface area contributed by atoms with Crippen LogP contribution in [0.15, 0.2) is 18.3 Å². The van der Waals surface area contributed by atoms with E-state index < -0.39 is 0 Å². The summed E-state index contributed by atoms with van der Waals surface area (Å²) in [5, 5.41) is 9.76.